The number of nitrogens with two attached hydrogens (primary N) is 5. The molecule has 0 saturated heterocycles. The maximum absolute atomic E-state index is 12.8. The lowest BCUT2D eigenvalue weighted by Gasteiger charge is -2.24. The fourth-order valence-corrected chi connectivity index (χ4v) is 2.70. The number of rotatable bonds is 16. The zero-order chi connectivity index (χ0) is 27.1. The van der Waals surface area contributed by atoms with Crippen molar-refractivity contribution < 1.29 is 29.4 Å². The van der Waals surface area contributed by atoms with Gasteiger partial charge in [0.25, 0.3) is 0 Å². The molecule has 200 valence electrons. The Bertz CT molecular complexity index is 780. The molecular formula is C19H38N10O6. The number of guanidine groups is 2. The number of aliphatic hydroxyl groups is 1. The maximum atomic E-state index is 12.8. The molecule has 0 aliphatic heterocycles. The van der Waals surface area contributed by atoms with Crippen molar-refractivity contribution in [1.82, 2.24) is 16.0 Å². The van der Waals surface area contributed by atoms with Gasteiger partial charge in [-0.05, 0) is 39.5 Å². The molecule has 5 unspecified atom stereocenters. The molecular weight excluding hydrogens is 464 g/mol. The highest BCUT2D eigenvalue weighted by Crippen LogP contribution is 2.03. The van der Waals surface area contributed by atoms with E-state index < -0.39 is 54.0 Å². The smallest absolute Gasteiger partial charge is 0.326 e. The Morgan fingerprint density at radius 2 is 1.23 bits per heavy atom. The van der Waals surface area contributed by atoms with E-state index in [4.69, 9.17) is 28.7 Å². The van der Waals surface area contributed by atoms with Crippen molar-refractivity contribution in [2.75, 3.05) is 13.1 Å². The number of aliphatic carboxylic acids is 1. The van der Waals surface area contributed by atoms with Gasteiger partial charge in [-0.15, -0.1) is 0 Å². The number of amides is 3. The number of carbonyl (C=O) groups excluding carboxylic acids is 3. The second-order valence-electron chi connectivity index (χ2n) is 7.85. The largest absolute Gasteiger partial charge is 0.480 e. The Kier molecular flexibility index (Phi) is 14.4. The van der Waals surface area contributed by atoms with Crippen LogP contribution in [-0.2, 0) is 19.2 Å². The zero-order valence-corrected chi connectivity index (χ0v) is 19.9. The SMILES string of the molecule is CC(NC(=O)C(CCCN=C(N)N)NC(=O)C(N)C(C)O)C(=O)NC(CCCN=C(N)N)C(=O)O. The predicted molar refractivity (Wildman–Crippen MR) is 129 cm³/mol. The Morgan fingerprint density at radius 1 is 0.771 bits per heavy atom. The molecule has 0 heterocycles. The third kappa shape index (κ3) is 13.6. The number of nitrogens with one attached hydrogen (secondary N) is 3. The Morgan fingerprint density at radius 3 is 1.66 bits per heavy atom. The predicted octanol–water partition coefficient (Wildman–Crippen LogP) is -4.64. The first-order valence-corrected chi connectivity index (χ1v) is 10.9. The lowest BCUT2D eigenvalue weighted by molar-refractivity contribution is -0.142. The molecule has 15 N–H and O–H groups in total. The molecule has 0 aromatic rings. The standard InChI is InChI=1S/C19H38N10O6/c1-9(14(31)29-12(17(34)35)6-4-8-26-19(23)24)27-15(32)11(5-3-7-25-18(21)22)28-16(33)13(20)10(2)30/h9-13,30H,3-8,20H2,1-2H3,(H,27,32)(H,28,33)(H,29,31)(H,34,35)(H4,21,22,25)(H4,23,24,26). The van der Waals surface area contributed by atoms with Gasteiger partial charge in [0.05, 0.1) is 6.10 Å². The topological polar surface area (TPSA) is 300 Å². The van der Waals surface area contributed by atoms with Crippen LogP contribution in [0.3, 0.4) is 0 Å². The summed E-state index contributed by atoms with van der Waals surface area (Å²) >= 11 is 0. The summed E-state index contributed by atoms with van der Waals surface area (Å²) in [4.78, 5) is 56.5. The second-order valence-corrected chi connectivity index (χ2v) is 7.85. The van der Waals surface area contributed by atoms with Crippen molar-refractivity contribution in [3.8, 4) is 0 Å². The molecule has 0 bridgehead atoms. The number of carboxylic acid groups (broad SMARTS) is 1. The summed E-state index contributed by atoms with van der Waals surface area (Å²) < 4.78 is 0. The molecule has 0 spiro atoms. The molecule has 3 amide bonds. The van der Waals surface area contributed by atoms with Crippen LogP contribution in [0.15, 0.2) is 9.98 Å². The van der Waals surface area contributed by atoms with Crippen LogP contribution in [0.4, 0.5) is 0 Å². The molecule has 0 aromatic heterocycles. The van der Waals surface area contributed by atoms with Gasteiger partial charge in [0.15, 0.2) is 11.9 Å². The van der Waals surface area contributed by atoms with E-state index in [1.54, 1.807) is 0 Å². The van der Waals surface area contributed by atoms with Gasteiger partial charge in [-0.1, -0.05) is 0 Å². The first kappa shape index (κ1) is 31.3. The van der Waals surface area contributed by atoms with Crippen molar-refractivity contribution in [3.63, 3.8) is 0 Å². The number of aliphatic hydroxyl groups excluding tert-OH is 1. The number of hydrogen-bond donors (Lipinski definition) is 10. The van der Waals surface area contributed by atoms with Gasteiger partial charge in [0, 0.05) is 13.1 Å². The van der Waals surface area contributed by atoms with Crippen LogP contribution in [-0.4, -0.2) is 89.2 Å². The van der Waals surface area contributed by atoms with Crippen LogP contribution < -0.4 is 44.6 Å². The van der Waals surface area contributed by atoms with Crippen molar-refractivity contribution in [2.24, 2.45) is 38.7 Å². The van der Waals surface area contributed by atoms with Crippen LogP contribution >= 0.6 is 0 Å². The lowest BCUT2D eigenvalue weighted by atomic mass is 10.1. The van der Waals surface area contributed by atoms with E-state index in [1.807, 2.05) is 0 Å². The summed E-state index contributed by atoms with van der Waals surface area (Å²) in [6, 6.07) is -4.76. The van der Waals surface area contributed by atoms with Gasteiger partial charge in [0.1, 0.15) is 24.2 Å². The summed E-state index contributed by atoms with van der Waals surface area (Å²) in [6.07, 6.45) is -0.414. The number of carbonyl (C=O) groups is 4. The summed E-state index contributed by atoms with van der Waals surface area (Å²) in [7, 11) is 0. The molecule has 5 atom stereocenters. The quantitative estimate of drug-likeness (QED) is 0.0543. The van der Waals surface area contributed by atoms with Crippen LogP contribution in [0.2, 0.25) is 0 Å². The summed E-state index contributed by atoms with van der Waals surface area (Å²) in [5.41, 5.74) is 26.6. The van der Waals surface area contributed by atoms with Crippen molar-refractivity contribution >= 4 is 35.6 Å². The third-order valence-electron chi connectivity index (χ3n) is 4.71. The molecule has 0 fully saturated rings. The molecule has 0 aliphatic rings. The van der Waals surface area contributed by atoms with Gasteiger partial charge in [0.2, 0.25) is 17.7 Å². The number of nitrogens with zero attached hydrogens (tertiary/aromatic N) is 2. The minimum atomic E-state index is -1.28. The highest BCUT2D eigenvalue weighted by atomic mass is 16.4. The van der Waals surface area contributed by atoms with Gasteiger partial charge >= 0.3 is 5.97 Å². The number of carboxylic acids is 1. The monoisotopic (exact) mass is 502 g/mol. The van der Waals surface area contributed by atoms with Crippen LogP contribution in [0.5, 0.6) is 0 Å². The van der Waals surface area contributed by atoms with E-state index in [0.717, 1.165) is 0 Å². The normalized spacial score (nSPS) is 14.9. The van der Waals surface area contributed by atoms with Crippen molar-refractivity contribution in [2.45, 2.75) is 69.8 Å². The number of aliphatic imine (C=N–C) groups is 2. The lowest BCUT2D eigenvalue weighted by Crippen LogP contribution is -2.57. The average Bonchev–Trinajstić information content (AvgIpc) is 2.76. The highest BCUT2D eigenvalue weighted by molar-refractivity contribution is 5.94. The molecule has 16 heteroatoms. The summed E-state index contributed by atoms with van der Waals surface area (Å²) in [5.74, 6) is -3.78. The van der Waals surface area contributed by atoms with Crippen molar-refractivity contribution in [1.29, 1.82) is 0 Å². The molecule has 0 rings (SSSR count). The van der Waals surface area contributed by atoms with Crippen LogP contribution in [0.1, 0.15) is 39.5 Å². The minimum absolute atomic E-state index is 0.0548. The Labute approximate surface area is 203 Å². The van der Waals surface area contributed by atoms with E-state index in [9.17, 15) is 29.4 Å². The van der Waals surface area contributed by atoms with Gasteiger partial charge < -0.3 is 54.8 Å². The first-order valence-electron chi connectivity index (χ1n) is 10.9. The summed E-state index contributed by atoms with van der Waals surface area (Å²) in [5, 5.41) is 26.1. The van der Waals surface area contributed by atoms with E-state index in [2.05, 4.69) is 25.9 Å². The summed E-state index contributed by atoms with van der Waals surface area (Å²) in [6.45, 7) is 3.04. The third-order valence-corrected chi connectivity index (χ3v) is 4.71. The minimum Gasteiger partial charge on any atom is -0.480 e. The van der Waals surface area contributed by atoms with Gasteiger partial charge in [-0.25, -0.2) is 4.79 Å². The molecule has 0 saturated carbocycles. The molecule has 16 nitrogen and oxygen atoms in total. The van der Waals surface area contributed by atoms with E-state index in [-0.39, 0.29) is 37.9 Å². The van der Waals surface area contributed by atoms with E-state index in [1.165, 1.54) is 13.8 Å². The van der Waals surface area contributed by atoms with Crippen LogP contribution in [0.25, 0.3) is 0 Å². The fourth-order valence-electron chi connectivity index (χ4n) is 2.70. The van der Waals surface area contributed by atoms with Gasteiger partial charge in [-0.2, -0.15) is 0 Å². The Balaban J connectivity index is 5.14. The van der Waals surface area contributed by atoms with E-state index >= 15 is 0 Å². The molecule has 35 heavy (non-hydrogen) atoms. The number of hydrogen-bond acceptors (Lipinski definition) is 8. The molecule has 0 radical (unpaired) electrons. The van der Waals surface area contributed by atoms with Crippen molar-refractivity contribution in [3.05, 3.63) is 0 Å². The second kappa shape index (κ2) is 16.0. The Hall–Kier alpha value is -3.66. The molecule has 0 aromatic carbocycles. The fraction of sp³-hybridized carbons (Fsp3) is 0.684. The average molecular weight is 503 g/mol. The van der Waals surface area contributed by atoms with Crippen LogP contribution in [0, 0.1) is 0 Å². The zero-order valence-electron chi connectivity index (χ0n) is 19.9. The highest BCUT2D eigenvalue weighted by Gasteiger charge is 2.29. The maximum Gasteiger partial charge on any atom is 0.326 e. The first-order chi connectivity index (χ1) is 16.3. The molecule has 0 aliphatic carbocycles. The van der Waals surface area contributed by atoms with Gasteiger partial charge in [-0.3, -0.25) is 24.4 Å². The van der Waals surface area contributed by atoms with E-state index in [0.29, 0.717) is 12.8 Å².